The predicted molar refractivity (Wildman–Crippen MR) is 97.7 cm³/mol. The molecule has 0 N–H and O–H groups in total. The van der Waals surface area contributed by atoms with Gasteiger partial charge >= 0.3 is 0 Å². The smallest absolute Gasteiger partial charge is 0.184 e. The summed E-state index contributed by atoms with van der Waals surface area (Å²) in [5.74, 6) is 0. The Morgan fingerprint density at radius 1 is 1.00 bits per heavy atom. The van der Waals surface area contributed by atoms with Gasteiger partial charge < -0.3 is 0 Å². The van der Waals surface area contributed by atoms with Crippen molar-refractivity contribution in [2.45, 2.75) is 43.4 Å². The topological polar surface area (TPSA) is 17.1 Å². The van der Waals surface area contributed by atoms with Crippen molar-refractivity contribution in [2.24, 2.45) is 0 Å². The molecule has 1 aliphatic heterocycles. The van der Waals surface area contributed by atoms with Crippen LogP contribution in [0, 0.1) is 0 Å². The minimum atomic E-state index is -0.560. The fourth-order valence-corrected chi connectivity index (χ4v) is 6.20. The van der Waals surface area contributed by atoms with Gasteiger partial charge in [-0.25, -0.2) is 4.39 Å². The molecular weight excluding hydrogens is 318 g/mol. The lowest BCUT2D eigenvalue weighted by molar-refractivity contribution is 0.107. The molecule has 24 heavy (non-hydrogen) atoms. The van der Waals surface area contributed by atoms with E-state index in [1.165, 1.54) is 24.0 Å². The summed E-state index contributed by atoms with van der Waals surface area (Å²) >= 11 is 0. The third kappa shape index (κ3) is 3.30. The summed E-state index contributed by atoms with van der Waals surface area (Å²) in [5, 5.41) is 0. The third-order valence-electron chi connectivity index (χ3n) is 5.09. The number of hydrogen-bond donors (Lipinski definition) is 0. The van der Waals surface area contributed by atoms with E-state index in [0.29, 0.717) is 10.9 Å². The highest BCUT2D eigenvalue weighted by Crippen LogP contribution is 2.62. The van der Waals surface area contributed by atoms with E-state index >= 15 is 0 Å². The molecule has 2 fully saturated rings. The number of alkyl halides is 1. The van der Waals surface area contributed by atoms with Crippen molar-refractivity contribution in [3.05, 3.63) is 71.3 Å². The summed E-state index contributed by atoms with van der Waals surface area (Å²) in [4.78, 5) is 12.8. The number of carbonyl (C=O) groups excluding carboxylic acids is 1. The van der Waals surface area contributed by atoms with Crippen LogP contribution < -0.4 is 0 Å². The molecular formula is C21H22FOP. The minimum absolute atomic E-state index is 0.352. The fraction of sp³-hybridized carbons (Fsp3) is 0.381. The Bertz CT molecular complexity index is 735. The molecule has 0 radical (unpaired) electrons. The summed E-state index contributed by atoms with van der Waals surface area (Å²) in [6.45, 7) is 0. The molecule has 2 aromatic rings. The highest BCUT2D eigenvalue weighted by atomic mass is 31.1. The lowest BCUT2D eigenvalue weighted by atomic mass is 9.93. The van der Waals surface area contributed by atoms with Gasteiger partial charge in [-0.1, -0.05) is 54.6 Å². The molecule has 2 aliphatic carbocycles. The monoisotopic (exact) mass is 340 g/mol. The number of hydrogen-bond acceptors (Lipinski definition) is 1. The Hall–Kier alpha value is -1.53. The molecule has 2 aromatic carbocycles. The Labute approximate surface area is 144 Å². The van der Waals surface area contributed by atoms with Gasteiger partial charge in [-0.2, -0.15) is 0 Å². The average Bonchev–Trinajstić information content (AvgIpc) is 3.54. The zero-order valence-electron chi connectivity index (χ0n) is 13.7. The van der Waals surface area contributed by atoms with Gasteiger partial charge in [-0.3, -0.25) is 4.79 Å². The summed E-state index contributed by atoms with van der Waals surface area (Å²) in [6, 6.07) is 18.8. The summed E-state index contributed by atoms with van der Waals surface area (Å²) in [5.41, 5.74) is 4.42. The number of carbonyl (C=O) groups is 1. The van der Waals surface area contributed by atoms with Gasteiger partial charge in [0.25, 0.3) is 0 Å². The number of halogens is 1. The second-order valence-corrected chi connectivity index (χ2v) is 9.27. The van der Waals surface area contributed by atoms with E-state index in [1.807, 2.05) is 18.2 Å². The van der Waals surface area contributed by atoms with E-state index in [4.69, 9.17) is 0 Å². The number of fused-ring (bicyclic) bond motifs is 2. The average molecular weight is 340 g/mol. The molecule has 5 rings (SSSR count). The largest absolute Gasteiger partial charge is 0.289 e. The van der Waals surface area contributed by atoms with Crippen molar-refractivity contribution in [3.63, 3.8) is 0 Å². The van der Waals surface area contributed by atoms with Crippen LogP contribution in [0.5, 0.6) is 0 Å². The second-order valence-electron chi connectivity index (χ2n) is 7.15. The minimum Gasteiger partial charge on any atom is -0.289 e. The van der Waals surface area contributed by atoms with Crippen molar-refractivity contribution >= 4 is 13.4 Å². The van der Waals surface area contributed by atoms with E-state index in [-0.39, 0.29) is 0 Å². The van der Waals surface area contributed by atoms with Crippen molar-refractivity contribution in [1.82, 2.24) is 0 Å². The van der Waals surface area contributed by atoms with E-state index < -0.39 is 14.1 Å². The van der Waals surface area contributed by atoms with Crippen LogP contribution in [-0.2, 0) is 11.6 Å². The van der Waals surface area contributed by atoms with E-state index in [1.54, 1.807) is 0 Å². The third-order valence-corrected chi connectivity index (χ3v) is 7.64. The van der Waals surface area contributed by atoms with Crippen LogP contribution in [0.1, 0.15) is 47.2 Å². The van der Waals surface area contributed by atoms with Crippen molar-refractivity contribution in [1.29, 1.82) is 0 Å². The van der Waals surface area contributed by atoms with Crippen molar-refractivity contribution in [3.8, 4) is 0 Å². The predicted octanol–water partition coefficient (Wildman–Crippen LogP) is 5.67. The maximum absolute atomic E-state index is 12.8. The normalized spacial score (nSPS) is 23.2. The van der Waals surface area contributed by atoms with Gasteiger partial charge in [0.1, 0.15) is 6.17 Å². The van der Waals surface area contributed by atoms with E-state index in [2.05, 4.69) is 36.4 Å². The van der Waals surface area contributed by atoms with Crippen LogP contribution in [0.4, 0.5) is 4.39 Å². The first-order valence-corrected chi connectivity index (χ1v) is 10.5. The SMILES string of the molecule is FC1CC1.O=C1c2ccccc2C2(CC2)CP1Cc1ccccc1. The number of benzene rings is 2. The Morgan fingerprint density at radius 3 is 2.25 bits per heavy atom. The summed E-state index contributed by atoms with van der Waals surface area (Å²) < 4.78 is 11.1. The van der Waals surface area contributed by atoms with Crippen LogP contribution in [0.15, 0.2) is 54.6 Å². The van der Waals surface area contributed by atoms with E-state index in [9.17, 15) is 9.18 Å². The molecule has 1 unspecified atom stereocenters. The van der Waals surface area contributed by atoms with Crippen LogP contribution in [0.25, 0.3) is 0 Å². The first-order valence-electron chi connectivity index (χ1n) is 8.75. The van der Waals surface area contributed by atoms with Gasteiger partial charge in [-0.15, -0.1) is 0 Å². The van der Waals surface area contributed by atoms with Gasteiger partial charge in [-0.05, 0) is 57.1 Å². The van der Waals surface area contributed by atoms with Gasteiger partial charge in [0.15, 0.2) is 5.52 Å². The van der Waals surface area contributed by atoms with Crippen LogP contribution in [0.3, 0.4) is 0 Å². The molecule has 0 amide bonds. The number of rotatable bonds is 2. The summed E-state index contributed by atoms with van der Waals surface area (Å²) in [7, 11) is -0.560. The summed E-state index contributed by atoms with van der Waals surface area (Å²) in [6.07, 6.45) is 5.81. The second kappa shape index (κ2) is 6.41. The molecule has 124 valence electrons. The maximum Gasteiger partial charge on any atom is 0.184 e. The van der Waals surface area contributed by atoms with Crippen LogP contribution >= 0.6 is 7.92 Å². The quantitative estimate of drug-likeness (QED) is 0.644. The van der Waals surface area contributed by atoms with Crippen LogP contribution in [0.2, 0.25) is 0 Å². The van der Waals surface area contributed by atoms with E-state index in [0.717, 1.165) is 30.7 Å². The van der Waals surface area contributed by atoms with Crippen molar-refractivity contribution in [2.75, 3.05) is 6.16 Å². The molecule has 3 aliphatic rings. The van der Waals surface area contributed by atoms with Gasteiger partial charge in [0, 0.05) is 11.0 Å². The molecule has 1 spiro atoms. The highest BCUT2D eigenvalue weighted by Gasteiger charge is 2.51. The molecule has 3 heteroatoms. The Balaban J connectivity index is 0.000000321. The maximum atomic E-state index is 12.8. The molecule has 2 saturated carbocycles. The molecule has 1 nitrogen and oxygen atoms in total. The molecule has 0 saturated heterocycles. The lowest BCUT2D eigenvalue weighted by Gasteiger charge is -2.31. The fourth-order valence-electron chi connectivity index (χ4n) is 3.40. The standard InChI is InChI=1S/C18H17OP.C3H5F/c19-17-15-8-4-5-9-16(15)18(10-11-18)13-20(17)12-14-6-2-1-3-7-14;4-3-1-2-3/h1-9H,10-13H2;3H,1-2H2. The molecule has 1 heterocycles. The highest BCUT2D eigenvalue weighted by molar-refractivity contribution is 7.75. The lowest BCUT2D eigenvalue weighted by Crippen LogP contribution is -2.24. The first kappa shape index (κ1) is 16.0. The molecule has 1 atom stereocenters. The van der Waals surface area contributed by atoms with Gasteiger partial charge in [0.05, 0.1) is 0 Å². The molecule has 0 bridgehead atoms. The van der Waals surface area contributed by atoms with Crippen LogP contribution in [-0.4, -0.2) is 17.9 Å². The zero-order chi connectivity index (χ0) is 16.6. The van der Waals surface area contributed by atoms with Gasteiger partial charge in [0.2, 0.25) is 0 Å². The zero-order valence-corrected chi connectivity index (χ0v) is 14.6. The van der Waals surface area contributed by atoms with Crippen molar-refractivity contribution < 1.29 is 9.18 Å². The Kier molecular flexibility index (Phi) is 4.26. The Morgan fingerprint density at radius 2 is 1.62 bits per heavy atom. The first-order chi connectivity index (χ1) is 11.7. The molecule has 0 aromatic heterocycles.